The van der Waals surface area contributed by atoms with E-state index in [-0.39, 0.29) is 0 Å². The van der Waals surface area contributed by atoms with Gasteiger partial charge in [-0.3, -0.25) is 0 Å². The third kappa shape index (κ3) is 4.68. The molecule has 1 amide bonds. The highest BCUT2D eigenvalue weighted by Gasteiger charge is 2.16. The second-order valence-electron chi connectivity index (χ2n) is 8.01. The molecule has 6 nitrogen and oxygen atoms in total. The number of fused-ring (bicyclic) bond motifs is 3. The number of amides is 1. The first-order valence-corrected chi connectivity index (χ1v) is 10.9. The van der Waals surface area contributed by atoms with Crippen molar-refractivity contribution in [2.45, 2.75) is 32.8 Å². The maximum absolute atomic E-state index is 12.0. The second-order valence-corrected chi connectivity index (χ2v) is 9.34. The molecular formula is C22H23ClN4O2S. The fourth-order valence-corrected chi connectivity index (χ4v) is 4.06. The Labute approximate surface area is 183 Å². The van der Waals surface area contributed by atoms with Crippen LogP contribution in [0.5, 0.6) is 0 Å². The van der Waals surface area contributed by atoms with Crippen LogP contribution < -0.4 is 10.6 Å². The summed E-state index contributed by atoms with van der Waals surface area (Å²) in [6.45, 7) is 6.00. The van der Waals surface area contributed by atoms with Crippen LogP contribution in [0.2, 0.25) is 5.02 Å². The largest absolute Gasteiger partial charge is 0.444 e. The Kier molecular flexibility index (Phi) is 5.58. The van der Waals surface area contributed by atoms with E-state index in [4.69, 9.17) is 16.3 Å². The number of aromatic amines is 1. The minimum Gasteiger partial charge on any atom is -0.444 e. The average molecular weight is 443 g/mol. The number of carbonyl (C=O) groups is 1. The number of H-pyrrole nitrogens is 1. The Morgan fingerprint density at radius 1 is 1.23 bits per heavy atom. The summed E-state index contributed by atoms with van der Waals surface area (Å²) in [5.74, 6) is 0. The van der Waals surface area contributed by atoms with E-state index in [2.05, 4.69) is 32.7 Å². The molecule has 4 rings (SSSR count). The number of ether oxygens (including phenoxy) is 1. The molecule has 30 heavy (non-hydrogen) atoms. The number of halogens is 1. The molecule has 0 spiro atoms. The Hall–Kier alpha value is -2.77. The van der Waals surface area contributed by atoms with Crippen LogP contribution in [0.25, 0.3) is 21.8 Å². The smallest absolute Gasteiger partial charge is 0.407 e. The fraction of sp³-hybridized carbons (Fsp3) is 0.273. The quantitative estimate of drug-likeness (QED) is 0.341. The second kappa shape index (κ2) is 8.16. The lowest BCUT2D eigenvalue weighted by Crippen LogP contribution is -2.33. The number of nitrogens with one attached hydrogen (secondary N) is 3. The van der Waals surface area contributed by atoms with Gasteiger partial charge in [0.15, 0.2) is 5.13 Å². The summed E-state index contributed by atoms with van der Waals surface area (Å²) >= 11 is 7.78. The molecule has 2 aromatic carbocycles. The Morgan fingerprint density at radius 2 is 2.07 bits per heavy atom. The van der Waals surface area contributed by atoms with Gasteiger partial charge in [-0.15, -0.1) is 11.3 Å². The van der Waals surface area contributed by atoms with E-state index in [0.717, 1.165) is 38.2 Å². The molecule has 4 aromatic rings. The zero-order valence-electron chi connectivity index (χ0n) is 17.0. The number of carbonyl (C=O) groups excluding carboxylic acids is 1. The van der Waals surface area contributed by atoms with Gasteiger partial charge in [-0.1, -0.05) is 11.6 Å². The van der Waals surface area contributed by atoms with Crippen LogP contribution in [0.15, 0.2) is 41.9 Å². The first-order valence-electron chi connectivity index (χ1n) is 9.66. The lowest BCUT2D eigenvalue weighted by Gasteiger charge is -2.19. The van der Waals surface area contributed by atoms with Crippen LogP contribution in [0.3, 0.4) is 0 Å². The number of benzene rings is 2. The molecule has 0 bridgehead atoms. The van der Waals surface area contributed by atoms with Crippen molar-refractivity contribution >= 4 is 61.7 Å². The summed E-state index contributed by atoms with van der Waals surface area (Å²) in [6.07, 6.45) is 1.99. The Balaban J connectivity index is 1.66. The summed E-state index contributed by atoms with van der Waals surface area (Å²) in [7, 11) is 0. The summed E-state index contributed by atoms with van der Waals surface area (Å²) in [5.41, 5.74) is 3.54. The number of anilines is 2. The van der Waals surface area contributed by atoms with Crippen LogP contribution in [0.4, 0.5) is 15.6 Å². The highest BCUT2D eigenvalue weighted by atomic mass is 35.5. The number of aromatic nitrogens is 2. The molecule has 0 fully saturated rings. The number of hydrogen-bond acceptors (Lipinski definition) is 5. The van der Waals surface area contributed by atoms with E-state index in [1.165, 1.54) is 11.3 Å². The minimum atomic E-state index is -0.522. The van der Waals surface area contributed by atoms with E-state index < -0.39 is 11.7 Å². The van der Waals surface area contributed by atoms with Crippen molar-refractivity contribution in [2.75, 3.05) is 11.9 Å². The molecule has 0 saturated heterocycles. The molecule has 0 saturated carbocycles. The summed E-state index contributed by atoms with van der Waals surface area (Å²) < 4.78 is 5.33. The van der Waals surface area contributed by atoms with Gasteiger partial charge in [0.2, 0.25) is 0 Å². The summed E-state index contributed by atoms with van der Waals surface area (Å²) in [6, 6.07) is 9.99. The number of nitrogens with zero attached hydrogens (tertiary/aromatic N) is 1. The van der Waals surface area contributed by atoms with Crippen LogP contribution in [-0.2, 0) is 11.2 Å². The first-order chi connectivity index (χ1) is 14.3. The molecule has 0 aliphatic rings. The summed E-state index contributed by atoms with van der Waals surface area (Å²) in [5, 5.41) is 11.8. The van der Waals surface area contributed by atoms with Gasteiger partial charge in [0.1, 0.15) is 5.60 Å². The number of thiazole rings is 1. The van der Waals surface area contributed by atoms with Gasteiger partial charge in [-0.25, -0.2) is 9.78 Å². The zero-order chi connectivity index (χ0) is 21.3. The van der Waals surface area contributed by atoms with Crippen LogP contribution in [0, 0.1) is 0 Å². The number of rotatable bonds is 5. The van der Waals surface area contributed by atoms with Crippen molar-refractivity contribution in [3.05, 3.63) is 52.5 Å². The number of hydrogen-bond donors (Lipinski definition) is 3. The molecule has 0 radical (unpaired) electrons. The van der Waals surface area contributed by atoms with Crippen molar-refractivity contribution < 1.29 is 9.53 Å². The monoisotopic (exact) mass is 442 g/mol. The maximum atomic E-state index is 12.0. The van der Waals surface area contributed by atoms with E-state index in [9.17, 15) is 4.79 Å². The maximum Gasteiger partial charge on any atom is 0.407 e. The molecule has 3 N–H and O–H groups in total. The van der Waals surface area contributed by atoms with Crippen LogP contribution in [0.1, 0.15) is 26.3 Å². The van der Waals surface area contributed by atoms with Crippen molar-refractivity contribution in [3.8, 4) is 0 Å². The lowest BCUT2D eigenvalue weighted by atomic mass is 10.0. The van der Waals surface area contributed by atoms with Crippen molar-refractivity contribution in [1.29, 1.82) is 0 Å². The van der Waals surface area contributed by atoms with Gasteiger partial charge >= 0.3 is 6.09 Å². The van der Waals surface area contributed by atoms with E-state index in [1.54, 1.807) is 6.20 Å². The van der Waals surface area contributed by atoms with Gasteiger partial charge in [0.25, 0.3) is 0 Å². The molecule has 0 unspecified atom stereocenters. The summed E-state index contributed by atoms with van der Waals surface area (Å²) in [4.78, 5) is 19.8. The van der Waals surface area contributed by atoms with Crippen molar-refractivity contribution in [3.63, 3.8) is 0 Å². The fourth-order valence-electron chi connectivity index (χ4n) is 3.34. The predicted octanol–water partition coefficient (Wildman–Crippen LogP) is 6.24. The average Bonchev–Trinajstić information content (AvgIpc) is 3.28. The SMILES string of the molecule is CC(C)(C)OC(=O)NCCc1cc(Nc2nccs2)cc2c1[nH]c1ccc(Cl)cc12. The molecule has 8 heteroatoms. The number of alkyl carbamates (subject to hydrolysis) is 1. The minimum absolute atomic E-state index is 0.417. The van der Waals surface area contributed by atoms with Crippen molar-refractivity contribution in [1.82, 2.24) is 15.3 Å². The van der Waals surface area contributed by atoms with E-state index >= 15 is 0 Å². The molecule has 0 aliphatic heterocycles. The molecule has 2 aromatic heterocycles. The van der Waals surface area contributed by atoms with Crippen LogP contribution >= 0.6 is 22.9 Å². The highest BCUT2D eigenvalue weighted by molar-refractivity contribution is 7.13. The zero-order valence-corrected chi connectivity index (χ0v) is 18.6. The van der Waals surface area contributed by atoms with Crippen molar-refractivity contribution in [2.24, 2.45) is 0 Å². The Morgan fingerprint density at radius 3 is 2.80 bits per heavy atom. The third-order valence-electron chi connectivity index (χ3n) is 4.50. The van der Waals surface area contributed by atoms with Gasteiger partial charge < -0.3 is 20.4 Å². The topological polar surface area (TPSA) is 79.0 Å². The van der Waals surface area contributed by atoms with Gasteiger partial charge in [0, 0.05) is 50.6 Å². The lowest BCUT2D eigenvalue weighted by molar-refractivity contribution is 0.0528. The Bertz CT molecular complexity index is 1200. The normalized spacial score (nSPS) is 11.7. The highest BCUT2D eigenvalue weighted by Crippen LogP contribution is 2.33. The van der Waals surface area contributed by atoms with Gasteiger partial charge in [-0.05, 0) is 63.1 Å². The predicted molar refractivity (Wildman–Crippen MR) is 124 cm³/mol. The molecule has 2 heterocycles. The molecule has 156 valence electrons. The standard InChI is InChI=1S/C22H23ClN4O2S/c1-22(2,3)29-21(28)25-7-6-13-10-15(26-20-24-8-9-30-20)12-17-16-11-14(23)4-5-18(16)27-19(13)17/h4-5,8-12,27H,6-7H2,1-3H3,(H,24,26)(H,25,28). The molecule has 0 aliphatic carbocycles. The van der Waals surface area contributed by atoms with Gasteiger partial charge in [-0.2, -0.15) is 0 Å². The molecule has 0 atom stereocenters. The first kappa shape index (κ1) is 20.5. The van der Waals surface area contributed by atoms with Gasteiger partial charge in [0.05, 0.1) is 0 Å². The van der Waals surface area contributed by atoms with E-state index in [1.807, 2.05) is 44.4 Å². The molecular weight excluding hydrogens is 420 g/mol. The van der Waals surface area contributed by atoms with Crippen LogP contribution in [-0.4, -0.2) is 28.2 Å². The third-order valence-corrected chi connectivity index (χ3v) is 5.42. The van der Waals surface area contributed by atoms with E-state index in [0.29, 0.717) is 18.0 Å².